The molecule has 0 spiro atoms. The van der Waals surface area contributed by atoms with Gasteiger partial charge in [0.05, 0.1) is 5.92 Å². The van der Waals surface area contributed by atoms with Gasteiger partial charge in [0.25, 0.3) is 0 Å². The monoisotopic (exact) mass is 266 g/mol. The minimum absolute atomic E-state index is 0.0131. The van der Waals surface area contributed by atoms with Gasteiger partial charge in [-0.25, -0.2) is 0 Å². The minimum atomic E-state index is -0.169. The van der Waals surface area contributed by atoms with E-state index in [-0.39, 0.29) is 23.5 Å². The molecule has 19 heavy (non-hydrogen) atoms. The van der Waals surface area contributed by atoms with Crippen LogP contribution in [0.15, 0.2) is 17.0 Å². The Labute approximate surface area is 114 Å². The molecule has 106 valence electrons. The van der Waals surface area contributed by atoms with E-state index >= 15 is 0 Å². The third kappa shape index (κ3) is 4.59. The molecule has 0 radical (unpaired) electrons. The molecule has 3 atom stereocenters. The number of rotatable bonds is 10. The van der Waals surface area contributed by atoms with E-state index in [4.69, 9.17) is 4.84 Å². The number of nitrogens with one attached hydrogen (secondary N) is 1. The lowest BCUT2D eigenvalue weighted by Crippen LogP contribution is -2.14. The van der Waals surface area contributed by atoms with Gasteiger partial charge in [0.2, 0.25) is 0 Å². The van der Waals surface area contributed by atoms with Gasteiger partial charge in [-0.3, -0.25) is 4.79 Å². The summed E-state index contributed by atoms with van der Waals surface area (Å²) >= 11 is 0. The van der Waals surface area contributed by atoms with E-state index in [2.05, 4.69) is 17.2 Å². The quantitative estimate of drug-likeness (QED) is 0.282. The van der Waals surface area contributed by atoms with Gasteiger partial charge in [-0.2, -0.15) is 0 Å². The van der Waals surface area contributed by atoms with Crippen LogP contribution < -0.4 is 5.32 Å². The topological polar surface area (TPSA) is 67.8 Å². The maximum atomic E-state index is 11.4. The second kappa shape index (κ2) is 7.84. The van der Waals surface area contributed by atoms with Gasteiger partial charge in [0.15, 0.2) is 0 Å². The molecule has 0 aromatic heterocycles. The predicted octanol–water partition coefficient (Wildman–Crippen LogP) is 1.54. The van der Waals surface area contributed by atoms with E-state index in [9.17, 15) is 9.59 Å². The standard InChI is InChI=1S/C14H22N2O3/c1-10-13(14(10)18)12(19-16-3)6-4-5-11(9-17)7-8-15-2/h6,9-11,13,15H,3-5,7-8H2,1-2H3/b12-6-. The molecule has 0 aliphatic heterocycles. The first kappa shape index (κ1) is 15.6. The molecule has 1 aliphatic carbocycles. The van der Waals surface area contributed by atoms with Gasteiger partial charge in [-0.05, 0) is 38.9 Å². The Morgan fingerprint density at radius 1 is 1.58 bits per heavy atom. The van der Waals surface area contributed by atoms with Crippen LogP contribution in [0.5, 0.6) is 0 Å². The van der Waals surface area contributed by atoms with E-state index in [0.29, 0.717) is 12.2 Å². The van der Waals surface area contributed by atoms with Crippen LogP contribution in [0.4, 0.5) is 0 Å². The molecule has 3 unspecified atom stereocenters. The fourth-order valence-electron chi connectivity index (χ4n) is 2.10. The van der Waals surface area contributed by atoms with Crippen LogP contribution in [0.3, 0.4) is 0 Å². The predicted molar refractivity (Wildman–Crippen MR) is 73.7 cm³/mol. The number of carbonyl (C=O) groups excluding carboxylic acids is 2. The van der Waals surface area contributed by atoms with Gasteiger partial charge >= 0.3 is 0 Å². The van der Waals surface area contributed by atoms with Gasteiger partial charge in [0, 0.05) is 18.6 Å². The molecule has 1 saturated carbocycles. The highest BCUT2D eigenvalue weighted by Gasteiger charge is 2.49. The van der Waals surface area contributed by atoms with E-state index < -0.39 is 0 Å². The van der Waals surface area contributed by atoms with Crippen molar-refractivity contribution in [1.29, 1.82) is 0 Å². The van der Waals surface area contributed by atoms with E-state index in [1.54, 1.807) is 0 Å². The summed E-state index contributed by atoms with van der Waals surface area (Å²) in [5.41, 5.74) is 0. The summed E-state index contributed by atoms with van der Waals surface area (Å²) in [5, 5.41) is 6.41. The van der Waals surface area contributed by atoms with Crippen LogP contribution in [-0.4, -0.2) is 32.4 Å². The van der Waals surface area contributed by atoms with E-state index in [0.717, 1.165) is 25.7 Å². The van der Waals surface area contributed by atoms with E-state index in [1.165, 1.54) is 0 Å². The highest BCUT2D eigenvalue weighted by atomic mass is 16.6. The molecule has 0 aromatic rings. The Balaban J connectivity index is 2.45. The molecule has 0 saturated heterocycles. The number of hydrogen-bond acceptors (Lipinski definition) is 5. The van der Waals surface area contributed by atoms with Crippen molar-refractivity contribution in [3.63, 3.8) is 0 Å². The first-order valence-electron chi connectivity index (χ1n) is 6.62. The number of oxime groups is 1. The van der Waals surface area contributed by atoms with Crippen LogP contribution >= 0.6 is 0 Å². The molecule has 1 fully saturated rings. The SMILES string of the molecule is C=NO/C(=C\CCC(C=O)CCNC)C1C(=O)C1C. The molecule has 1 aliphatic rings. The minimum Gasteiger partial charge on any atom is -0.362 e. The summed E-state index contributed by atoms with van der Waals surface area (Å²) < 4.78 is 0. The molecule has 1 N–H and O–H groups in total. The summed E-state index contributed by atoms with van der Waals surface area (Å²) in [6, 6.07) is 0. The van der Waals surface area contributed by atoms with Crippen LogP contribution in [0.2, 0.25) is 0 Å². The number of ketones is 1. The van der Waals surface area contributed by atoms with Gasteiger partial charge in [0.1, 0.15) is 17.8 Å². The summed E-state index contributed by atoms with van der Waals surface area (Å²) in [5.74, 6) is 0.633. The third-order valence-electron chi connectivity index (χ3n) is 3.46. The molecular weight excluding hydrogens is 244 g/mol. The third-order valence-corrected chi connectivity index (χ3v) is 3.46. The van der Waals surface area contributed by atoms with Crippen LogP contribution in [0.1, 0.15) is 26.2 Å². The number of Topliss-reactive ketones (excluding diaryl/α,β-unsaturated/α-hetero) is 1. The van der Waals surface area contributed by atoms with Crippen molar-refractivity contribution in [1.82, 2.24) is 5.32 Å². The van der Waals surface area contributed by atoms with Crippen LogP contribution in [0.25, 0.3) is 0 Å². The lowest BCUT2D eigenvalue weighted by molar-refractivity contribution is -0.112. The fraction of sp³-hybridized carbons (Fsp3) is 0.643. The summed E-state index contributed by atoms with van der Waals surface area (Å²) in [6.07, 6.45) is 5.13. The number of aldehydes is 1. The Hall–Kier alpha value is -1.49. The maximum absolute atomic E-state index is 11.4. The Morgan fingerprint density at radius 2 is 2.26 bits per heavy atom. The highest BCUT2D eigenvalue weighted by molar-refractivity contribution is 6.01. The molecule has 5 heteroatoms. The van der Waals surface area contributed by atoms with Crippen LogP contribution in [-0.2, 0) is 14.4 Å². The van der Waals surface area contributed by atoms with Crippen molar-refractivity contribution < 1.29 is 14.4 Å². The fourth-order valence-corrected chi connectivity index (χ4v) is 2.10. The number of nitrogens with zero attached hydrogens (tertiary/aromatic N) is 1. The summed E-state index contributed by atoms with van der Waals surface area (Å²) in [7, 11) is 1.86. The molecule has 0 bridgehead atoms. The largest absolute Gasteiger partial charge is 0.362 e. The lowest BCUT2D eigenvalue weighted by atomic mass is 10.0. The molecule has 0 amide bonds. The van der Waals surface area contributed by atoms with Crippen LogP contribution in [0, 0.1) is 17.8 Å². The second-order valence-electron chi connectivity index (χ2n) is 4.86. The normalized spacial score (nSPS) is 23.9. The average molecular weight is 266 g/mol. The number of allylic oxidation sites excluding steroid dienone is 2. The first-order chi connectivity index (χ1) is 9.15. The molecule has 0 aromatic carbocycles. The summed E-state index contributed by atoms with van der Waals surface area (Å²) in [4.78, 5) is 27.3. The molecule has 5 nitrogen and oxygen atoms in total. The average Bonchev–Trinajstić information content (AvgIpc) is 3.00. The smallest absolute Gasteiger partial charge is 0.148 e. The van der Waals surface area contributed by atoms with Gasteiger partial charge < -0.3 is 14.9 Å². The Morgan fingerprint density at radius 3 is 2.74 bits per heavy atom. The number of hydrogen-bond donors (Lipinski definition) is 1. The van der Waals surface area contributed by atoms with Crippen molar-refractivity contribution in [3.05, 3.63) is 11.8 Å². The van der Waals surface area contributed by atoms with Crippen molar-refractivity contribution in [2.24, 2.45) is 22.9 Å². The van der Waals surface area contributed by atoms with Crippen molar-refractivity contribution in [2.75, 3.05) is 13.6 Å². The summed E-state index contributed by atoms with van der Waals surface area (Å²) in [6.45, 7) is 5.96. The first-order valence-corrected chi connectivity index (χ1v) is 6.62. The molecule has 0 heterocycles. The molecular formula is C14H22N2O3. The van der Waals surface area contributed by atoms with Gasteiger partial charge in [-0.15, -0.1) is 0 Å². The maximum Gasteiger partial charge on any atom is 0.148 e. The second-order valence-corrected chi connectivity index (χ2v) is 4.86. The van der Waals surface area contributed by atoms with Gasteiger partial charge in [-0.1, -0.05) is 12.1 Å². The van der Waals surface area contributed by atoms with Crippen molar-refractivity contribution in [2.45, 2.75) is 26.2 Å². The van der Waals surface area contributed by atoms with E-state index in [1.807, 2.05) is 20.0 Å². The zero-order valence-electron chi connectivity index (χ0n) is 11.6. The zero-order valence-corrected chi connectivity index (χ0v) is 11.6. The zero-order chi connectivity index (χ0) is 14.3. The number of carbonyl (C=O) groups is 2. The van der Waals surface area contributed by atoms with Crippen molar-refractivity contribution >= 4 is 18.8 Å². The Bertz CT molecular complexity index is 366. The molecule has 1 rings (SSSR count). The lowest BCUT2D eigenvalue weighted by Gasteiger charge is -2.08. The van der Waals surface area contributed by atoms with Crippen molar-refractivity contribution in [3.8, 4) is 0 Å². The Kier molecular flexibility index (Phi) is 6.42. The highest BCUT2D eigenvalue weighted by Crippen LogP contribution is 2.40.